The molecule has 0 saturated carbocycles. The SMILES string of the molecule is O=C(/C=C\c1ccco1)NC[C@@H](c1cccc(F)c1)N1CCOCC1. The maximum atomic E-state index is 13.6. The molecule has 0 radical (unpaired) electrons. The second kappa shape index (κ2) is 8.60. The van der Waals surface area contributed by atoms with E-state index in [1.807, 2.05) is 6.07 Å². The fraction of sp³-hybridized carbons (Fsp3) is 0.316. The molecule has 1 N–H and O–H groups in total. The fourth-order valence-electron chi connectivity index (χ4n) is 2.86. The molecule has 2 heterocycles. The fourth-order valence-corrected chi connectivity index (χ4v) is 2.86. The van der Waals surface area contributed by atoms with Crippen molar-refractivity contribution in [1.82, 2.24) is 10.2 Å². The monoisotopic (exact) mass is 344 g/mol. The number of nitrogens with one attached hydrogen (secondary N) is 1. The van der Waals surface area contributed by atoms with Crippen LogP contribution in [0.2, 0.25) is 0 Å². The lowest BCUT2D eigenvalue weighted by atomic mass is 10.0. The second-order valence-corrected chi connectivity index (χ2v) is 5.81. The molecule has 2 aromatic rings. The van der Waals surface area contributed by atoms with Crippen molar-refractivity contribution in [3.63, 3.8) is 0 Å². The number of hydrogen-bond acceptors (Lipinski definition) is 4. The summed E-state index contributed by atoms with van der Waals surface area (Å²) >= 11 is 0. The van der Waals surface area contributed by atoms with Crippen molar-refractivity contribution in [1.29, 1.82) is 0 Å². The third-order valence-corrected chi connectivity index (χ3v) is 4.13. The Morgan fingerprint density at radius 1 is 1.28 bits per heavy atom. The first kappa shape index (κ1) is 17.4. The van der Waals surface area contributed by atoms with E-state index in [9.17, 15) is 9.18 Å². The van der Waals surface area contributed by atoms with Crippen LogP contribution in [0.25, 0.3) is 6.08 Å². The zero-order valence-corrected chi connectivity index (χ0v) is 13.9. The van der Waals surface area contributed by atoms with E-state index in [1.54, 1.807) is 30.5 Å². The van der Waals surface area contributed by atoms with Crippen LogP contribution in [-0.2, 0) is 9.53 Å². The number of carbonyl (C=O) groups excluding carboxylic acids is 1. The summed E-state index contributed by atoms with van der Waals surface area (Å²) in [4.78, 5) is 14.3. The van der Waals surface area contributed by atoms with Gasteiger partial charge in [-0.3, -0.25) is 9.69 Å². The van der Waals surface area contributed by atoms with Crippen LogP contribution in [-0.4, -0.2) is 43.7 Å². The first-order chi connectivity index (χ1) is 12.2. The largest absolute Gasteiger partial charge is 0.465 e. The van der Waals surface area contributed by atoms with Gasteiger partial charge in [-0.15, -0.1) is 0 Å². The highest BCUT2D eigenvalue weighted by Crippen LogP contribution is 2.22. The van der Waals surface area contributed by atoms with Crippen molar-refractivity contribution in [3.8, 4) is 0 Å². The highest BCUT2D eigenvalue weighted by molar-refractivity contribution is 5.91. The van der Waals surface area contributed by atoms with Crippen LogP contribution in [0, 0.1) is 5.82 Å². The number of nitrogens with zero attached hydrogens (tertiary/aromatic N) is 1. The minimum Gasteiger partial charge on any atom is -0.465 e. The minimum absolute atomic E-state index is 0.0967. The Kier molecular flexibility index (Phi) is 5.98. The summed E-state index contributed by atoms with van der Waals surface area (Å²) in [5.41, 5.74) is 0.845. The van der Waals surface area contributed by atoms with Crippen LogP contribution in [0.5, 0.6) is 0 Å². The molecule has 6 heteroatoms. The van der Waals surface area contributed by atoms with Crippen molar-refractivity contribution in [2.75, 3.05) is 32.8 Å². The average molecular weight is 344 g/mol. The van der Waals surface area contributed by atoms with Crippen LogP contribution < -0.4 is 5.32 Å². The highest BCUT2D eigenvalue weighted by atomic mass is 19.1. The molecule has 0 aliphatic carbocycles. The number of furan rings is 1. The van der Waals surface area contributed by atoms with Crippen LogP contribution in [0.3, 0.4) is 0 Å². The lowest BCUT2D eigenvalue weighted by Crippen LogP contribution is -2.43. The van der Waals surface area contributed by atoms with Gasteiger partial charge in [0.2, 0.25) is 5.91 Å². The van der Waals surface area contributed by atoms with E-state index in [2.05, 4.69) is 10.2 Å². The Hall–Kier alpha value is -2.44. The molecule has 1 aromatic carbocycles. The molecule has 1 atom stereocenters. The molecule has 0 unspecified atom stereocenters. The molecule has 1 aromatic heterocycles. The number of amides is 1. The van der Waals surface area contributed by atoms with Crippen LogP contribution >= 0.6 is 0 Å². The Balaban J connectivity index is 1.65. The third kappa shape index (κ3) is 5.01. The molecule has 1 fully saturated rings. The predicted molar refractivity (Wildman–Crippen MR) is 92.3 cm³/mol. The molecule has 0 bridgehead atoms. The number of ether oxygens (including phenoxy) is 1. The molecule has 3 rings (SSSR count). The first-order valence-electron chi connectivity index (χ1n) is 8.29. The predicted octanol–water partition coefficient (Wildman–Crippen LogP) is 2.62. The summed E-state index contributed by atoms with van der Waals surface area (Å²) < 4.78 is 24.2. The van der Waals surface area contributed by atoms with Crippen molar-refractivity contribution in [2.45, 2.75) is 6.04 Å². The maximum absolute atomic E-state index is 13.6. The van der Waals surface area contributed by atoms with Crippen molar-refractivity contribution < 1.29 is 18.3 Å². The molecular formula is C19H21FN2O3. The van der Waals surface area contributed by atoms with E-state index >= 15 is 0 Å². The molecule has 1 aliphatic heterocycles. The molecule has 1 saturated heterocycles. The Morgan fingerprint density at radius 2 is 2.12 bits per heavy atom. The summed E-state index contributed by atoms with van der Waals surface area (Å²) in [6.45, 7) is 3.17. The van der Waals surface area contributed by atoms with Gasteiger partial charge < -0.3 is 14.5 Å². The second-order valence-electron chi connectivity index (χ2n) is 5.81. The maximum Gasteiger partial charge on any atom is 0.244 e. The molecule has 0 spiro atoms. The van der Waals surface area contributed by atoms with Crippen molar-refractivity contribution >= 4 is 12.0 Å². The summed E-state index contributed by atoms with van der Waals surface area (Å²) in [6.07, 6.45) is 4.60. The van der Waals surface area contributed by atoms with Gasteiger partial charge in [-0.25, -0.2) is 4.39 Å². The van der Waals surface area contributed by atoms with Gasteiger partial charge in [-0.05, 0) is 35.9 Å². The van der Waals surface area contributed by atoms with Crippen LogP contribution in [0.1, 0.15) is 17.4 Å². The van der Waals surface area contributed by atoms with Gasteiger partial charge in [0.25, 0.3) is 0 Å². The van der Waals surface area contributed by atoms with E-state index < -0.39 is 0 Å². The van der Waals surface area contributed by atoms with E-state index in [0.29, 0.717) is 25.5 Å². The van der Waals surface area contributed by atoms with E-state index in [-0.39, 0.29) is 17.8 Å². The molecule has 25 heavy (non-hydrogen) atoms. The topological polar surface area (TPSA) is 54.7 Å². The van der Waals surface area contributed by atoms with Gasteiger partial charge in [0.15, 0.2) is 0 Å². The summed E-state index contributed by atoms with van der Waals surface area (Å²) in [7, 11) is 0. The quantitative estimate of drug-likeness (QED) is 0.819. The van der Waals surface area contributed by atoms with Crippen LogP contribution in [0.4, 0.5) is 4.39 Å². The average Bonchev–Trinajstić information content (AvgIpc) is 3.15. The number of carbonyl (C=O) groups is 1. The zero-order valence-electron chi connectivity index (χ0n) is 13.9. The van der Waals surface area contributed by atoms with Gasteiger partial charge >= 0.3 is 0 Å². The normalized spacial score (nSPS) is 16.8. The molecule has 1 aliphatic rings. The summed E-state index contributed by atoms with van der Waals surface area (Å²) in [5.74, 6) is 0.121. The Bertz CT molecular complexity index is 709. The standard InChI is InChI=1S/C19H21FN2O3/c20-16-4-1-3-15(13-16)18(22-8-11-24-12-9-22)14-21-19(23)7-6-17-5-2-10-25-17/h1-7,10,13,18H,8-9,11-12,14H2,(H,21,23)/b7-6-/t18-/m0/s1. The Labute approximate surface area is 146 Å². The summed E-state index contributed by atoms with van der Waals surface area (Å²) in [5, 5.41) is 2.89. The van der Waals surface area contributed by atoms with Gasteiger partial charge in [0.05, 0.1) is 25.5 Å². The summed E-state index contributed by atoms with van der Waals surface area (Å²) in [6, 6.07) is 9.95. The Morgan fingerprint density at radius 3 is 2.84 bits per heavy atom. The highest BCUT2D eigenvalue weighted by Gasteiger charge is 2.23. The lowest BCUT2D eigenvalue weighted by Gasteiger charge is -2.34. The minimum atomic E-state index is -0.278. The van der Waals surface area contributed by atoms with Gasteiger partial charge in [-0.2, -0.15) is 0 Å². The number of rotatable bonds is 6. The van der Waals surface area contributed by atoms with Crippen molar-refractivity contribution in [3.05, 3.63) is 65.9 Å². The van der Waals surface area contributed by atoms with Gasteiger partial charge in [0.1, 0.15) is 11.6 Å². The van der Waals surface area contributed by atoms with E-state index in [1.165, 1.54) is 18.2 Å². The number of hydrogen-bond donors (Lipinski definition) is 1. The smallest absolute Gasteiger partial charge is 0.244 e. The first-order valence-corrected chi connectivity index (χ1v) is 8.29. The lowest BCUT2D eigenvalue weighted by molar-refractivity contribution is -0.116. The van der Waals surface area contributed by atoms with E-state index in [4.69, 9.17) is 9.15 Å². The van der Waals surface area contributed by atoms with Crippen LogP contribution in [0.15, 0.2) is 53.2 Å². The van der Waals surface area contributed by atoms with Crippen molar-refractivity contribution in [2.24, 2.45) is 0 Å². The van der Waals surface area contributed by atoms with Gasteiger partial charge in [-0.1, -0.05) is 12.1 Å². The third-order valence-electron chi connectivity index (χ3n) is 4.13. The molecule has 1 amide bonds. The van der Waals surface area contributed by atoms with Gasteiger partial charge in [0, 0.05) is 25.7 Å². The number of morpholine rings is 1. The number of benzene rings is 1. The molecular weight excluding hydrogens is 323 g/mol. The number of halogens is 1. The van der Waals surface area contributed by atoms with E-state index in [0.717, 1.165) is 18.7 Å². The molecule has 132 valence electrons. The zero-order chi connectivity index (χ0) is 17.5. The molecule has 5 nitrogen and oxygen atoms in total.